The second kappa shape index (κ2) is 14.3. The van der Waals surface area contributed by atoms with Gasteiger partial charge in [0.25, 0.3) is 5.91 Å². The van der Waals surface area contributed by atoms with E-state index in [1.54, 1.807) is 37.4 Å². The average Bonchev–Trinajstić information content (AvgIpc) is 2.79. The molecule has 0 saturated heterocycles. The fraction of sp³-hybridized carbons (Fsp3) is 0.400. The van der Waals surface area contributed by atoms with E-state index in [9.17, 15) is 13.2 Å². The predicted molar refractivity (Wildman–Crippen MR) is 140 cm³/mol. The molecule has 0 atom stereocenters. The van der Waals surface area contributed by atoms with Gasteiger partial charge < -0.3 is 14.2 Å². The van der Waals surface area contributed by atoms with Crippen molar-refractivity contribution in [1.82, 2.24) is 4.72 Å². The Morgan fingerprint density at radius 2 is 1.86 bits per heavy atom. The van der Waals surface area contributed by atoms with Gasteiger partial charge in [0.15, 0.2) is 0 Å². The van der Waals surface area contributed by atoms with E-state index in [1.807, 2.05) is 13.8 Å². The fourth-order valence-corrected chi connectivity index (χ4v) is 4.67. The lowest BCUT2D eigenvalue weighted by Crippen LogP contribution is -2.31. The van der Waals surface area contributed by atoms with Crippen molar-refractivity contribution in [3.8, 4) is 11.5 Å². The zero-order valence-corrected chi connectivity index (χ0v) is 22.4. The Hall–Kier alpha value is -2.26. The zero-order valence-electron chi connectivity index (χ0n) is 20.1. The first-order chi connectivity index (χ1) is 16.7. The first-order valence-corrected chi connectivity index (χ1v) is 13.6. The lowest BCUT2D eigenvalue weighted by molar-refractivity contribution is -0.114. The molecular weight excluding hydrogens is 513 g/mol. The number of rotatable bonds is 14. The first-order valence-electron chi connectivity index (χ1n) is 11.2. The van der Waals surface area contributed by atoms with E-state index in [4.69, 9.17) is 37.4 Å². The Bertz CT molecular complexity index is 1140. The zero-order chi connectivity index (χ0) is 25.8. The maximum Gasteiger partial charge on any atom is 0.257 e. The molecule has 0 bridgehead atoms. The minimum absolute atomic E-state index is 0.0940. The maximum atomic E-state index is 12.3. The van der Waals surface area contributed by atoms with E-state index in [1.165, 1.54) is 12.2 Å². The van der Waals surface area contributed by atoms with Crippen LogP contribution in [0, 0.1) is 6.92 Å². The van der Waals surface area contributed by atoms with Crippen molar-refractivity contribution in [2.75, 3.05) is 26.1 Å². The molecule has 0 aliphatic heterocycles. The van der Waals surface area contributed by atoms with Crippen molar-refractivity contribution in [2.24, 2.45) is 0 Å². The van der Waals surface area contributed by atoms with Crippen LogP contribution < -0.4 is 14.2 Å². The molecule has 0 heterocycles. The van der Waals surface area contributed by atoms with Gasteiger partial charge in [-0.1, -0.05) is 49.0 Å². The summed E-state index contributed by atoms with van der Waals surface area (Å²) in [5.74, 6) is 0.245. The number of halogens is 2. The summed E-state index contributed by atoms with van der Waals surface area (Å²) >= 11 is 12.2. The molecule has 0 aromatic heterocycles. The van der Waals surface area contributed by atoms with E-state index in [2.05, 4.69) is 4.72 Å². The fourth-order valence-electron chi connectivity index (χ4n) is 3.14. The molecule has 10 heteroatoms. The summed E-state index contributed by atoms with van der Waals surface area (Å²) in [5.41, 5.74) is 2.01. The SMILES string of the molecule is CCCCCS(=O)(=O)NC(=O)C=Cc1ccc(OCCOC)c(C)c1OCc1ccc(Cl)cc1Cl. The molecule has 192 valence electrons. The number of hydrogen-bond donors (Lipinski definition) is 1. The molecule has 2 rings (SSSR count). The molecule has 2 aromatic carbocycles. The van der Waals surface area contributed by atoms with E-state index in [-0.39, 0.29) is 12.4 Å². The van der Waals surface area contributed by atoms with E-state index in [0.29, 0.717) is 52.3 Å². The van der Waals surface area contributed by atoms with E-state index in [0.717, 1.165) is 18.4 Å². The Morgan fingerprint density at radius 1 is 1.09 bits per heavy atom. The Kier molecular flexibility index (Phi) is 11.9. The Balaban J connectivity index is 2.24. The Labute approximate surface area is 217 Å². The number of hydrogen-bond acceptors (Lipinski definition) is 6. The van der Waals surface area contributed by atoms with Gasteiger partial charge in [-0.3, -0.25) is 4.79 Å². The maximum absolute atomic E-state index is 12.3. The highest BCUT2D eigenvalue weighted by Gasteiger charge is 2.15. The third-order valence-electron chi connectivity index (χ3n) is 5.01. The lowest BCUT2D eigenvalue weighted by Gasteiger charge is -2.17. The van der Waals surface area contributed by atoms with Crippen molar-refractivity contribution in [3.63, 3.8) is 0 Å². The summed E-state index contributed by atoms with van der Waals surface area (Å²) in [6, 6.07) is 8.60. The van der Waals surface area contributed by atoms with Crippen molar-refractivity contribution in [3.05, 3.63) is 63.1 Å². The quantitative estimate of drug-likeness (QED) is 0.248. The van der Waals surface area contributed by atoms with Gasteiger partial charge in [-0.2, -0.15) is 0 Å². The van der Waals surface area contributed by atoms with Crippen LogP contribution in [-0.2, 0) is 26.2 Å². The van der Waals surface area contributed by atoms with Crippen molar-refractivity contribution in [1.29, 1.82) is 0 Å². The smallest absolute Gasteiger partial charge is 0.257 e. The number of methoxy groups -OCH3 is 1. The second-order valence-electron chi connectivity index (χ2n) is 7.80. The minimum Gasteiger partial charge on any atom is -0.491 e. The molecule has 7 nitrogen and oxygen atoms in total. The van der Waals surface area contributed by atoms with Crippen LogP contribution in [-0.4, -0.2) is 40.4 Å². The average molecular weight is 544 g/mol. The molecule has 0 radical (unpaired) electrons. The minimum atomic E-state index is -3.69. The van der Waals surface area contributed by atoms with E-state index >= 15 is 0 Å². The summed E-state index contributed by atoms with van der Waals surface area (Å²) in [4.78, 5) is 12.3. The second-order valence-corrected chi connectivity index (χ2v) is 10.5. The third-order valence-corrected chi connectivity index (χ3v) is 6.93. The van der Waals surface area contributed by atoms with Gasteiger partial charge in [-0.15, -0.1) is 0 Å². The summed E-state index contributed by atoms with van der Waals surface area (Å²) in [6.07, 6.45) is 4.83. The monoisotopic (exact) mass is 543 g/mol. The molecule has 0 aliphatic carbocycles. The number of ether oxygens (including phenoxy) is 3. The molecule has 0 spiro atoms. The summed E-state index contributed by atoms with van der Waals surface area (Å²) in [6.45, 7) is 4.73. The number of carbonyl (C=O) groups is 1. The van der Waals surface area contributed by atoms with Gasteiger partial charge >= 0.3 is 0 Å². The number of sulfonamides is 1. The van der Waals surface area contributed by atoms with Crippen LogP contribution in [0.15, 0.2) is 36.4 Å². The highest BCUT2D eigenvalue weighted by molar-refractivity contribution is 7.90. The van der Waals surface area contributed by atoms with Crippen molar-refractivity contribution < 1.29 is 27.4 Å². The van der Waals surface area contributed by atoms with Gasteiger partial charge in [0, 0.05) is 39.9 Å². The van der Waals surface area contributed by atoms with Gasteiger partial charge in [-0.25, -0.2) is 13.1 Å². The number of carbonyl (C=O) groups excluding carboxylic acids is 1. The Morgan fingerprint density at radius 3 is 2.54 bits per heavy atom. The van der Waals surface area contributed by atoms with Crippen molar-refractivity contribution in [2.45, 2.75) is 39.7 Å². The van der Waals surface area contributed by atoms with Crippen LogP contribution in [0.5, 0.6) is 11.5 Å². The van der Waals surface area contributed by atoms with E-state index < -0.39 is 15.9 Å². The van der Waals surface area contributed by atoms with Gasteiger partial charge in [0.2, 0.25) is 10.0 Å². The van der Waals surface area contributed by atoms with Crippen LogP contribution in [0.1, 0.15) is 42.9 Å². The molecule has 0 fully saturated rings. The molecule has 1 amide bonds. The van der Waals surface area contributed by atoms with Crippen LogP contribution in [0.25, 0.3) is 6.08 Å². The van der Waals surface area contributed by atoms with Crippen LogP contribution in [0.2, 0.25) is 10.0 Å². The van der Waals surface area contributed by atoms with Gasteiger partial charge in [0.1, 0.15) is 24.7 Å². The summed E-state index contributed by atoms with van der Waals surface area (Å²) in [5, 5.41) is 0.982. The molecule has 2 aromatic rings. The predicted octanol–water partition coefficient (Wildman–Crippen LogP) is 5.56. The molecule has 0 unspecified atom stereocenters. The third kappa shape index (κ3) is 9.72. The summed E-state index contributed by atoms with van der Waals surface area (Å²) < 4.78 is 43.1. The molecule has 0 aliphatic rings. The number of benzene rings is 2. The summed E-state index contributed by atoms with van der Waals surface area (Å²) in [7, 11) is -2.10. The van der Waals surface area contributed by atoms with Crippen molar-refractivity contribution >= 4 is 45.2 Å². The van der Waals surface area contributed by atoms with Crippen LogP contribution in [0.3, 0.4) is 0 Å². The number of unbranched alkanes of at least 4 members (excludes halogenated alkanes) is 2. The molecule has 0 saturated carbocycles. The normalized spacial score (nSPS) is 11.6. The highest BCUT2D eigenvalue weighted by Crippen LogP contribution is 2.34. The van der Waals surface area contributed by atoms with Crippen LogP contribution in [0.4, 0.5) is 0 Å². The lowest BCUT2D eigenvalue weighted by atomic mass is 10.1. The molecule has 1 N–H and O–H groups in total. The molecule has 35 heavy (non-hydrogen) atoms. The number of amides is 1. The standard InChI is InChI=1S/C25H31Cl2NO6S/c1-4-5-6-15-35(30,31)28-24(29)12-9-19-8-11-23(33-14-13-32-3)18(2)25(19)34-17-20-7-10-21(26)16-22(20)27/h7-12,16H,4-6,13-15,17H2,1-3H3,(H,28,29). The largest absolute Gasteiger partial charge is 0.491 e. The number of nitrogens with one attached hydrogen (secondary N) is 1. The molecular formula is C25H31Cl2NO6S. The van der Waals surface area contributed by atoms with Gasteiger partial charge in [0.05, 0.1) is 12.4 Å². The topological polar surface area (TPSA) is 90.9 Å². The highest BCUT2D eigenvalue weighted by atomic mass is 35.5. The first kappa shape index (κ1) is 29.0. The van der Waals surface area contributed by atoms with Gasteiger partial charge in [-0.05, 0) is 43.7 Å². The van der Waals surface area contributed by atoms with Crippen LogP contribution >= 0.6 is 23.2 Å².